The molecule has 2 aromatic carbocycles. The molecule has 1 aliphatic rings. The van der Waals surface area contributed by atoms with Gasteiger partial charge in [0.05, 0.1) is 33.8 Å². The van der Waals surface area contributed by atoms with Gasteiger partial charge >= 0.3 is 6.36 Å². The minimum atomic E-state index is -4.94. The molecule has 13 heteroatoms. The molecule has 1 aliphatic heterocycles. The van der Waals surface area contributed by atoms with E-state index in [1.54, 1.807) is 6.92 Å². The van der Waals surface area contributed by atoms with Gasteiger partial charge in [0.15, 0.2) is 5.75 Å². The molecule has 0 saturated heterocycles. The van der Waals surface area contributed by atoms with Gasteiger partial charge < -0.3 is 14.7 Å². The van der Waals surface area contributed by atoms with Crippen LogP contribution in [0.15, 0.2) is 41.3 Å². The summed E-state index contributed by atoms with van der Waals surface area (Å²) in [4.78, 5) is 49.8. The Morgan fingerprint density at radius 2 is 1.91 bits per heavy atom. The maximum atomic E-state index is 13.2. The van der Waals surface area contributed by atoms with Crippen molar-refractivity contribution < 1.29 is 41.3 Å². The fourth-order valence-corrected chi connectivity index (χ4v) is 4.00. The van der Waals surface area contributed by atoms with Crippen LogP contribution in [-0.2, 0) is 9.59 Å². The van der Waals surface area contributed by atoms with Gasteiger partial charge in [0.25, 0.3) is 11.8 Å². The number of ether oxygens (including phenoxy) is 1. The zero-order chi connectivity index (χ0) is 25.0. The predicted octanol–water partition coefficient (Wildman–Crippen LogP) is 3.29. The molecule has 0 aliphatic carbocycles. The monoisotopic (exact) mass is 497 g/mol. The highest BCUT2D eigenvalue weighted by Gasteiger charge is 2.45. The molecule has 1 unspecified atom stereocenters. The quantitative estimate of drug-likeness (QED) is 0.234. The lowest BCUT2D eigenvalue weighted by Gasteiger charge is -2.24. The number of carbonyl (C=O) groups is 4. The molecular weight excluding hydrogens is 479 g/mol. The van der Waals surface area contributed by atoms with Crippen molar-refractivity contribution in [3.8, 4) is 11.5 Å². The van der Waals surface area contributed by atoms with E-state index in [0.717, 1.165) is 6.07 Å². The Morgan fingerprint density at radius 1 is 1.21 bits per heavy atom. The predicted molar refractivity (Wildman–Crippen MR) is 114 cm³/mol. The van der Waals surface area contributed by atoms with E-state index in [1.807, 2.05) is 5.32 Å². The highest BCUT2D eigenvalue weighted by molar-refractivity contribution is 7.95. The summed E-state index contributed by atoms with van der Waals surface area (Å²) in [6.45, 7) is 1.73. The number of hydrogen-bond donors (Lipinski definition) is 2. The summed E-state index contributed by atoms with van der Waals surface area (Å²) >= 11 is 0.446. The van der Waals surface area contributed by atoms with Crippen molar-refractivity contribution in [1.82, 2.24) is 10.2 Å². The molecule has 0 aromatic heterocycles. The van der Waals surface area contributed by atoms with E-state index in [9.17, 15) is 32.3 Å². The van der Waals surface area contributed by atoms with Crippen LogP contribution < -0.4 is 20.0 Å². The van der Waals surface area contributed by atoms with E-state index in [-0.39, 0.29) is 40.3 Å². The van der Waals surface area contributed by atoms with Crippen LogP contribution in [0, 0.1) is 0 Å². The molecule has 0 radical (unpaired) electrons. The molecule has 9 nitrogen and oxygen atoms in total. The minimum Gasteiger partial charge on any atom is -0.417 e. The summed E-state index contributed by atoms with van der Waals surface area (Å²) in [6.07, 6.45) is -4.29. The van der Waals surface area contributed by atoms with Crippen molar-refractivity contribution in [2.24, 2.45) is 0 Å². The number of nitrogen functional groups attached to an aromatic ring is 1. The van der Waals surface area contributed by atoms with Gasteiger partial charge in [-0.2, -0.15) is 0 Å². The third kappa shape index (κ3) is 5.09. The largest absolute Gasteiger partial charge is 0.573 e. The number of hydrogen-bond acceptors (Lipinski definition) is 8. The molecule has 180 valence electrons. The summed E-state index contributed by atoms with van der Waals surface area (Å²) in [5, 5.41) is 1.94. The summed E-state index contributed by atoms with van der Waals surface area (Å²) in [6, 6.07) is 6.47. The third-order valence-corrected chi connectivity index (χ3v) is 5.50. The summed E-state index contributed by atoms with van der Waals surface area (Å²) in [5.74, 6) is -3.31. The molecule has 0 saturated carbocycles. The maximum Gasteiger partial charge on any atom is 0.573 e. The van der Waals surface area contributed by atoms with E-state index in [0.29, 0.717) is 23.4 Å². The first kappa shape index (κ1) is 24.9. The first-order chi connectivity index (χ1) is 16.1. The van der Waals surface area contributed by atoms with Gasteiger partial charge in [-0.1, -0.05) is 25.5 Å². The number of nitrogens with two attached hydrogens (primary N) is 1. The Kier molecular flexibility index (Phi) is 7.35. The molecule has 3 N–H and O–H groups in total. The van der Waals surface area contributed by atoms with E-state index in [4.69, 9.17) is 9.92 Å². The SMILES string of the molecule is CCCC(C(=O)NC=O)N1C(=O)c2ccc(N)c(OSc3ccccc3OC(F)(F)F)c2C1=O. The number of para-hydroxylation sites is 1. The maximum absolute atomic E-state index is 13.2. The number of fused-ring (bicyclic) bond motifs is 1. The summed E-state index contributed by atoms with van der Waals surface area (Å²) < 4.78 is 47.6. The number of nitrogens with one attached hydrogen (secondary N) is 1. The van der Waals surface area contributed by atoms with Crippen LogP contribution >= 0.6 is 12.0 Å². The molecule has 2 aromatic rings. The van der Waals surface area contributed by atoms with Gasteiger partial charge in [-0.3, -0.25) is 29.4 Å². The average molecular weight is 497 g/mol. The number of rotatable bonds is 9. The van der Waals surface area contributed by atoms with Crippen LogP contribution in [-0.4, -0.2) is 41.4 Å². The first-order valence-electron chi connectivity index (χ1n) is 9.82. The van der Waals surface area contributed by atoms with Crippen LogP contribution in [0.4, 0.5) is 18.9 Å². The van der Waals surface area contributed by atoms with Gasteiger partial charge in [-0.25, -0.2) is 0 Å². The van der Waals surface area contributed by atoms with E-state index in [2.05, 4.69) is 4.74 Å². The van der Waals surface area contributed by atoms with Crippen molar-refractivity contribution in [2.75, 3.05) is 5.73 Å². The average Bonchev–Trinajstić information content (AvgIpc) is 3.01. The second kappa shape index (κ2) is 10.0. The molecule has 1 heterocycles. The smallest absolute Gasteiger partial charge is 0.417 e. The van der Waals surface area contributed by atoms with Gasteiger partial charge in [-0.15, -0.1) is 13.2 Å². The number of alkyl halides is 3. The number of carbonyl (C=O) groups excluding carboxylic acids is 4. The molecule has 4 amide bonds. The van der Waals surface area contributed by atoms with E-state index < -0.39 is 35.9 Å². The Labute approximate surface area is 195 Å². The van der Waals surface area contributed by atoms with Gasteiger partial charge in [0, 0.05) is 0 Å². The van der Waals surface area contributed by atoms with Crippen molar-refractivity contribution in [1.29, 1.82) is 0 Å². The number of amides is 4. The molecular formula is C21H18F3N3O6S. The van der Waals surface area contributed by atoms with Crippen molar-refractivity contribution in [2.45, 2.75) is 37.1 Å². The van der Waals surface area contributed by atoms with Crippen LogP contribution in [0.3, 0.4) is 0 Å². The third-order valence-electron chi connectivity index (χ3n) is 4.74. The number of nitrogens with zero attached hydrogens (tertiary/aromatic N) is 1. The molecule has 3 rings (SSSR count). The van der Waals surface area contributed by atoms with Crippen LogP contribution in [0.25, 0.3) is 0 Å². The van der Waals surface area contributed by atoms with Gasteiger partial charge in [0.2, 0.25) is 12.3 Å². The summed E-state index contributed by atoms with van der Waals surface area (Å²) in [5.41, 5.74) is 5.53. The number of halogens is 3. The minimum absolute atomic E-state index is 0.0622. The highest BCUT2D eigenvalue weighted by Crippen LogP contribution is 2.41. The van der Waals surface area contributed by atoms with Crippen LogP contribution in [0.5, 0.6) is 11.5 Å². The van der Waals surface area contributed by atoms with Crippen molar-refractivity contribution in [3.05, 3.63) is 47.5 Å². The fourth-order valence-electron chi connectivity index (χ4n) is 3.32. The molecule has 0 spiro atoms. The topological polar surface area (TPSA) is 128 Å². The summed E-state index contributed by atoms with van der Waals surface area (Å²) in [7, 11) is 0. The zero-order valence-corrected chi connectivity index (χ0v) is 18.4. The molecule has 34 heavy (non-hydrogen) atoms. The number of benzene rings is 2. The number of anilines is 1. The lowest BCUT2D eigenvalue weighted by Crippen LogP contribution is -2.49. The second-order valence-electron chi connectivity index (χ2n) is 6.98. The Balaban J connectivity index is 1.94. The second-order valence-corrected chi connectivity index (χ2v) is 7.75. The molecule has 0 bridgehead atoms. The first-order valence-corrected chi connectivity index (χ1v) is 10.6. The van der Waals surface area contributed by atoms with Crippen LogP contribution in [0.2, 0.25) is 0 Å². The molecule has 1 atom stereocenters. The fraction of sp³-hybridized carbons (Fsp3) is 0.238. The van der Waals surface area contributed by atoms with Crippen molar-refractivity contribution in [3.63, 3.8) is 0 Å². The number of imide groups is 2. The Morgan fingerprint density at radius 3 is 2.56 bits per heavy atom. The van der Waals surface area contributed by atoms with Gasteiger partial charge in [-0.05, 0) is 30.7 Å². The standard InChI is InChI=1S/C21H18F3N3O6S/c1-2-5-13(18(29)26-10-28)27-19(30)11-8-9-12(25)17(16(11)20(27)31)33-34-15-7-4-3-6-14(15)32-21(22,23)24/h3-4,6-10,13H,2,5,25H2,1H3,(H,26,28,29). The Bertz CT molecular complexity index is 1140. The lowest BCUT2D eigenvalue weighted by molar-refractivity contribution is -0.275. The lowest BCUT2D eigenvalue weighted by atomic mass is 10.1. The Hall–Kier alpha value is -3.74. The van der Waals surface area contributed by atoms with E-state index in [1.165, 1.54) is 30.3 Å². The van der Waals surface area contributed by atoms with Gasteiger partial charge in [0.1, 0.15) is 11.8 Å². The van der Waals surface area contributed by atoms with Crippen molar-refractivity contribution >= 4 is 41.9 Å². The zero-order valence-electron chi connectivity index (χ0n) is 17.5. The van der Waals surface area contributed by atoms with Crippen LogP contribution in [0.1, 0.15) is 40.5 Å². The molecule has 0 fully saturated rings. The normalized spacial score (nSPS) is 13.9. The van der Waals surface area contributed by atoms with E-state index >= 15 is 0 Å². The highest BCUT2D eigenvalue weighted by atomic mass is 32.2.